The molecular weight excluding hydrogens is 188 g/mol. The Kier molecular flexibility index (Phi) is 5.03. The summed E-state index contributed by atoms with van der Waals surface area (Å²) < 4.78 is 4.74. The van der Waals surface area contributed by atoms with E-state index in [0.29, 0.717) is 6.61 Å². The number of carbonyl (C=O) groups is 1. The molecule has 1 rings (SSSR count). The summed E-state index contributed by atoms with van der Waals surface area (Å²) in [6, 6.07) is 9.75. The van der Waals surface area contributed by atoms with Gasteiger partial charge in [0, 0.05) is 0 Å². The minimum atomic E-state index is -0.272. The lowest BCUT2D eigenvalue weighted by Crippen LogP contribution is -2.01. The molecule has 0 aliphatic heterocycles. The molecule has 0 aromatic heterocycles. The molecular formula is C13H13O2. The van der Waals surface area contributed by atoms with Gasteiger partial charge in [0.2, 0.25) is 0 Å². The summed E-state index contributed by atoms with van der Waals surface area (Å²) in [4.78, 5) is 10.9. The Balaban J connectivity index is 2.31. The second-order valence-corrected chi connectivity index (χ2v) is 2.86. The molecule has 2 nitrogen and oxygen atoms in total. The molecule has 0 spiro atoms. The van der Waals surface area contributed by atoms with E-state index in [9.17, 15) is 4.79 Å². The van der Waals surface area contributed by atoms with E-state index in [-0.39, 0.29) is 12.4 Å². The fourth-order valence-electron chi connectivity index (χ4n) is 1.02. The third kappa shape index (κ3) is 4.87. The predicted molar refractivity (Wildman–Crippen MR) is 58.9 cm³/mol. The Morgan fingerprint density at radius 2 is 2.13 bits per heavy atom. The highest BCUT2D eigenvalue weighted by Crippen LogP contribution is 1.99. The maximum Gasteiger partial charge on any atom is 0.317 e. The van der Waals surface area contributed by atoms with Crippen LogP contribution in [0.1, 0.15) is 18.9 Å². The van der Waals surface area contributed by atoms with Crippen LogP contribution < -0.4 is 0 Å². The minimum Gasteiger partial charge on any atom is -0.465 e. The van der Waals surface area contributed by atoms with Gasteiger partial charge in [0.05, 0.1) is 13.0 Å². The van der Waals surface area contributed by atoms with Gasteiger partial charge >= 0.3 is 5.97 Å². The molecule has 0 fully saturated rings. The normalized spacial score (nSPS) is 8.87. The van der Waals surface area contributed by atoms with Gasteiger partial charge in [-0.2, -0.15) is 0 Å². The van der Waals surface area contributed by atoms with Gasteiger partial charge in [-0.15, -0.1) is 0 Å². The van der Waals surface area contributed by atoms with Crippen molar-refractivity contribution in [3.8, 4) is 11.8 Å². The Morgan fingerprint density at radius 3 is 2.80 bits per heavy atom. The largest absolute Gasteiger partial charge is 0.465 e. The lowest BCUT2D eigenvalue weighted by molar-refractivity contribution is -0.141. The monoisotopic (exact) mass is 201 g/mol. The van der Waals surface area contributed by atoms with E-state index < -0.39 is 0 Å². The first kappa shape index (κ1) is 11.3. The second-order valence-electron chi connectivity index (χ2n) is 2.86. The SMILES string of the molecule is CCOC(=O)CC#C[CH]c1ccccc1. The van der Waals surface area contributed by atoms with Crippen molar-refractivity contribution in [2.75, 3.05) is 6.61 Å². The molecule has 0 unspecified atom stereocenters. The Bertz CT molecular complexity index is 357. The third-order valence-electron chi connectivity index (χ3n) is 1.68. The summed E-state index contributed by atoms with van der Waals surface area (Å²) in [5, 5.41) is 0. The average molecular weight is 201 g/mol. The van der Waals surface area contributed by atoms with Crippen LogP contribution in [-0.2, 0) is 9.53 Å². The summed E-state index contributed by atoms with van der Waals surface area (Å²) in [6.07, 6.45) is 1.93. The summed E-state index contributed by atoms with van der Waals surface area (Å²) >= 11 is 0. The summed E-state index contributed by atoms with van der Waals surface area (Å²) in [5.74, 6) is 5.28. The smallest absolute Gasteiger partial charge is 0.317 e. The maximum absolute atomic E-state index is 10.9. The maximum atomic E-state index is 10.9. The van der Waals surface area contributed by atoms with Gasteiger partial charge in [-0.05, 0) is 12.5 Å². The van der Waals surface area contributed by atoms with E-state index in [1.165, 1.54) is 0 Å². The third-order valence-corrected chi connectivity index (χ3v) is 1.68. The van der Waals surface area contributed by atoms with Crippen molar-refractivity contribution in [1.82, 2.24) is 0 Å². The van der Waals surface area contributed by atoms with Crippen LogP contribution >= 0.6 is 0 Å². The molecule has 1 radical (unpaired) electrons. The fraction of sp³-hybridized carbons (Fsp3) is 0.231. The van der Waals surface area contributed by atoms with E-state index in [1.54, 1.807) is 13.3 Å². The van der Waals surface area contributed by atoms with Crippen molar-refractivity contribution >= 4 is 5.97 Å². The molecule has 2 heteroatoms. The lowest BCUT2D eigenvalue weighted by Gasteiger charge is -1.94. The van der Waals surface area contributed by atoms with E-state index in [4.69, 9.17) is 4.74 Å². The molecule has 0 bridgehead atoms. The van der Waals surface area contributed by atoms with Crippen LogP contribution in [0.2, 0.25) is 0 Å². The number of rotatable bonds is 3. The van der Waals surface area contributed by atoms with Gasteiger partial charge in [0.1, 0.15) is 6.42 Å². The molecule has 0 saturated carbocycles. The molecule has 0 aliphatic rings. The van der Waals surface area contributed by atoms with Gasteiger partial charge in [-0.25, -0.2) is 0 Å². The van der Waals surface area contributed by atoms with Crippen LogP contribution in [0.4, 0.5) is 0 Å². The van der Waals surface area contributed by atoms with E-state index in [0.717, 1.165) is 5.56 Å². The first-order valence-electron chi connectivity index (χ1n) is 4.85. The van der Waals surface area contributed by atoms with Crippen LogP contribution in [0.25, 0.3) is 0 Å². The Hall–Kier alpha value is -1.75. The average Bonchev–Trinajstić information content (AvgIpc) is 2.26. The van der Waals surface area contributed by atoms with Crippen molar-refractivity contribution in [3.63, 3.8) is 0 Å². The molecule has 0 heterocycles. The van der Waals surface area contributed by atoms with Crippen molar-refractivity contribution in [2.24, 2.45) is 0 Å². The molecule has 0 aliphatic carbocycles. The number of esters is 1. The first-order chi connectivity index (χ1) is 7.33. The highest BCUT2D eigenvalue weighted by atomic mass is 16.5. The van der Waals surface area contributed by atoms with Crippen molar-refractivity contribution < 1.29 is 9.53 Å². The summed E-state index contributed by atoms with van der Waals surface area (Å²) in [6.45, 7) is 2.18. The number of hydrogen-bond donors (Lipinski definition) is 0. The van der Waals surface area contributed by atoms with Gasteiger partial charge in [0.15, 0.2) is 0 Å². The Labute approximate surface area is 90.3 Å². The molecule has 0 saturated heterocycles. The second kappa shape index (κ2) is 6.67. The minimum absolute atomic E-state index is 0.150. The number of carbonyl (C=O) groups excluding carboxylic acids is 1. The standard InChI is InChI=1S/C13H13O2/c1-2-15-13(14)11-7-6-10-12-8-4-3-5-9-12/h3-5,8-10H,2,11H2,1H3. The van der Waals surface area contributed by atoms with E-state index in [1.807, 2.05) is 30.3 Å². The van der Waals surface area contributed by atoms with Crippen LogP contribution in [0.5, 0.6) is 0 Å². The number of ether oxygens (including phenoxy) is 1. The zero-order chi connectivity index (χ0) is 10.9. The zero-order valence-electron chi connectivity index (χ0n) is 8.69. The quantitative estimate of drug-likeness (QED) is 0.553. The van der Waals surface area contributed by atoms with Gasteiger partial charge in [-0.3, -0.25) is 4.79 Å². The summed E-state index contributed by atoms with van der Waals surface area (Å²) in [7, 11) is 0. The van der Waals surface area contributed by atoms with Gasteiger partial charge in [-0.1, -0.05) is 42.2 Å². The lowest BCUT2D eigenvalue weighted by atomic mass is 10.1. The summed E-state index contributed by atoms with van der Waals surface area (Å²) in [5.41, 5.74) is 1.04. The number of hydrogen-bond acceptors (Lipinski definition) is 2. The molecule has 0 N–H and O–H groups in total. The first-order valence-corrected chi connectivity index (χ1v) is 4.85. The molecule has 77 valence electrons. The van der Waals surface area contributed by atoms with Gasteiger partial charge < -0.3 is 4.74 Å². The fourth-order valence-corrected chi connectivity index (χ4v) is 1.02. The van der Waals surface area contributed by atoms with E-state index in [2.05, 4.69) is 11.8 Å². The van der Waals surface area contributed by atoms with Crippen molar-refractivity contribution in [2.45, 2.75) is 13.3 Å². The van der Waals surface area contributed by atoms with Crippen LogP contribution in [-0.4, -0.2) is 12.6 Å². The Morgan fingerprint density at radius 1 is 1.40 bits per heavy atom. The molecule has 1 aromatic rings. The highest BCUT2D eigenvalue weighted by molar-refractivity contribution is 5.72. The van der Waals surface area contributed by atoms with Crippen molar-refractivity contribution in [1.29, 1.82) is 0 Å². The molecule has 1 aromatic carbocycles. The molecule has 0 amide bonds. The van der Waals surface area contributed by atoms with Crippen LogP contribution in [0.3, 0.4) is 0 Å². The van der Waals surface area contributed by atoms with Crippen LogP contribution in [0, 0.1) is 18.3 Å². The molecule has 0 atom stereocenters. The zero-order valence-corrected chi connectivity index (χ0v) is 8.69. The van der Waals surface area contributed by atoms with Crippen molar-refractivity contribution in [3.05, 3.63) is 42.3 Å². The number of benzene rings is 1. The van der Waals surface area contributed by atoms with Crippen LogP contribution in [0.15, 0.2) is 30.3 Å². The van der Waals surface area contributed by atoms with Gasteiger partial charge in [0.25, 0.3) is 0 Å². The highest BCUT2D eigenvalue weighted by Gasteiger charge is 1.95. The topological polar surface area (TPSA) is 26.3 Å². The molecule has 15 heavy (non-hydrogen) atoms. The predicted octanol–water partition coefficient (Wildman–Crippen LogP) is 2.20. The van der Waals surface area contributed by atoms with E-state index >= 15 is 0 Å².